The van der Waals surface area contributed by atoms with Gasteiger partial charge in [-0.1, -0.05) is 13.0 Å². The quantitative estimate of drug-likeness (QED) is 0.786. The summed E-state index contributed by atoms with van der Waals surface area (Å²) in [6, 6.07) is 9.63. The van der Waals surface area contributed by atoms with E-state index < -0.39 is 0 Å². The van der Waals surface area contributed by atoms with E-state index in [1.165, 1.54) is 0 Å². The largest absolute Gasteiger partial charge is 0.339 e. The highest BCUT2D eigenvalue weighted by Crippen LogP contribution is 2.23. The van der Waals surface area contributed by atoms with Gasteiger partial charge < -0.3 is 4.90 Å². The second-order valence-electron chi connectivity index (χ2n) is 6.90. The number of aromatic nitrogens is 4. The van der Waals surface area contributed by atoms with Crippen molar-refractivity contribution < 1.29 is 4.79 Å². The Hall–Kier alpha value is -2.76. The minimum Gasteiger partial charge on any atom is -0.339 e. The number of likely N-dealkylation sites (tertiary alicyclic amines) is 1. The molecular formula is C20H23N5O. The van der Waals surface area contributed by atoms with E-state index in [0.717, 1.165) is 66.9 Å². The van der Waals surface area contributed by atoms with Crippen molar-refractivity contribution in [1.82, 2.24) is 25.1 Å². The Morgan fingerprint density at radius 1 is 1.27 bits per heavy atom. The van der Waals surface area contributed by atoms with Gasteiger partial charge in [-0.15, -0.1) is 0 Å². The van der Waals surface area contributed by atoms with Gasteiger partial charge in [-0.25, -0.2) is 4.98 Å². The number of aromatic amines is 1. The number of aryl methyl sites for hydroxylation is 1. The first kappa shape index (κ1) is 16.7. The minimum absolute atomic E-state index is 0.113. The summed E-state index contributed by atoms with van der Waals surface area (Å²) in [6.07, 6.45) is 5.54. The van der Waals surface area contributed by atoms with E-state index in [0.29, 0.717) is 5.92 Å². The molecule has 1 aliphatic rings. The van der Waals surface area contributed by atoms with Crippen molar-refractivity contribution in [3.8, 4) is 0 Å². The molecule has 4 rings (SSSR count). The van der Waals surface area contributed by atoms with Gasteiger partial charge in [-0.2, -0.15) is 5.10 Å². The SMILES string of the molecule is CCc1n[nH]c(CC2CCN(C(=O)c3ccc4ncccc4c3)CC2)n1. The first-order valence-corrected chi connectivity index (χ1v) is 9.27. The highest BCUT2D eigenvalue weighted by atomic mass is 16.2. The van der Waals surface area contributed by atoms with Crippen LogP contribution in [0.5, 0.6) is 0 Å². The number of pyridine rings is 1. The van der Waals surface area contributed by atoms with E-state index in [9.17, 15) is 4.79 Å². The van der Waals surface area contributed by atoms with Crippen molar-refractivity contribution in [1.29, 1.82) is 0 Å². The molecule has 0 bridgehead atoms. The molecule has 1 aromatic carbocycles. The molecule has 0 atom stereocenters. The van der Waals surface area contributed by atoms with E-state index in [4.69, 9.17) is 0 Å². The molecular weight excluding hydrogens is 326 g/mol. The first-order valence-electron chi connectivity index (χ1n) is 9.27. The predicted octanol–water partition coefficient (Wildman–Crippen LogP) is 3.01. The number of carbonyl (C=O) groups excluding carboxylic acids is 1. The summed E-state index contributed by atoms with van der Waals surface area (Å²) >= 11 is 0. The first-order chi connectivity index (χ1) is 12.7. The van der Waals surface area contributed by atoms with E-state index in [2.05, 4.69) is 27.1 Å². The van der Waals surface area contributed by atoms with Crippen molar-refractivity contribution in [2.75, 3.05) is 13.1 Å². The maximum Gasteiger partial charge on any atom is 0.253 e. The summed E-state index contributed by atoms with van der Waals surface area (Å²) in [5, 5.41) is 8.24. The fourth-order valence-corrected chi connectivity index (χ4v) is 3.59. The van der Waals surface area contributed by atoms with Crippen LogP contribution >= 0.6 is 0 Å². The number of fused-ring (bicyclic) bond motifs is 1. The molecule has 3 aromatic rings. The number of H-pyrrole nitrogens is 1. The number of amides is 1. The molecule has 0 aliphatic carbocycles. The average molecular weight is 349 g/mol. The highest BCUT2D eigenvalue weighted by molar-refractivity contribution is 5.97. The van der Waals surface area contributed by atoms with E-state index in [1.807, 2.05) is 35.2 Å². The van der Waals surface area contributed by atoms with Crippen molar-refractivity contribution in [2.45, 2.75) is 32.6 Å². The van der Waals surface area contributed by atoms with Gasteiger partial charge in [0.1, 0.15) is 11.6 Å². The van der Waals surface area contributed by atoms with E-state index in [1.54, 1.807) is 6.20 Å². The smallest absolute Gasteiger partial charge is 0.253 e. The zero-order valence-corrected chi connectivity index (χ0v) is 15.0. The van der Waals surface area contributed by atoms with Crippen molar-refractivity contribution >= 4 is 16.8 Å². The maximum absolute atomic E-state index is 12.8. The third-order valence-corrected chi connectivity index (χ3v) is 5.13. The third kappa shape index (κ3) is 3.45. The molecule has 6 nitrogen and oxygen atoms in total. The van der Waals surface area contributed by atoms with Crippen LogP contribution in [0, 0.1) is 5.92 Å². The molecule has 1 fully saturated rings. The number of nitrogens with zero attached hydrogens (tertiary/aromatic N) is 4. The molecule has 6 heteroatoms. The van der Waals surface area contributed by atoms with Crippen LogP contribution in [0.3, 0.4) is 0 Å². The fraction of sp³-hybridized carbons (Fsp3) is 0.400. The average Bonchev–Trinajstić information content (AvgIpc) is 3.15. The fourth-order valence-electron chi connectivity index (χ4n) is 3.59. The lowest BCUT2D eigenvalue weighted by Gasteiger charge is -2.31. The topological polar surface area (TPSA) is 74.8 Å². The molecule has 134 valence electrons. The predicted molar refractivity (Wildman–Crippen MR) is 99.8 cm³/mol. The molecule has 0 unspecified atom stereocenters. The number of nitrogens with one attached hydrogen (secondary N) is 1. The zero-order chi connectivity index (χ0) is 17.9. The van der Waals surface area contributed by atoms with Gasteiger partial charge in [0.2, 0.25) is 0 Å². The van der Waals surface area contributed by atoms with E-state index >= 15 is 0 Å². The monoisotopic (exact) mass is 349 g/mol. The second-order valence-corrected chi connectivity index (χ2v) is 6.90. The van der Waals surface area contributed by atoms with Crippen molar-refractivity contribution in [3.63, 3.8) is 0 Å². The summed E-state index contributed by atoms with van der Waals surface area (Å²) in [5.41, 5.74) is 1.66. The molecule has 1 saturated heterocycles. The Labute approximate surface area is 152 Å². The Balaban J connectivity index is 1.38. The molecule has 0 spiro atoms. The lowest BCUT2D eigenvalue weighted by Crippen LogP contribution is -2.39. The summed E-state index contributed by atoms with van der Waals surface area (Å²) in [6.45, 7) is 3.65. The molecule has 0 radical (unpaired) electrons. The highest BCUT2D eigenvalue weighted by Gasteiger charge is 2.24. The van der Waals surface area contributed by atoms with Crippen LogP contribution in [-0.4, -0.2) is 44.1 Å². The zero-order valence-electron chi connectivity index (χ0n) is 15.0. The molecule has 0 saturated carbocycles. The molecule has 1 aliphatic heterocycles. The summed E-state index contributed by atoms with van der Waals surface area (Å²) < 4.78 is 0. The van der Waals surface area contributed by atoms with Crippen LogP contribution in [0.15, 0.2) is 36.5 Å². The lowest BCUT2D eigenvalue weighted by atomic mass is 9.93. The standard InChI is InChI=1S/C20H23N5O/c1-2-18-22-19(24-23-18)12-14-7-10-25(11-8-14)20(26)16-5-6-17-15(13-16)4-3-9-21-17/h3-6,9,13-14H,2,7-8,10-12H2,1H3,(H,22,23,24). The minimum atomic E-state index is 0.113. The van der Waals surface area contributed by atoms with Gasteiger partial charge in [0.05, 0.1) is 5.52 Å². The Kier molecular flexibility index (Phi) is 4.65. The molecule has 3 heterocycles. The Morgan fingerprint density at radius 2 is 2.12 bits per heavy atom. The number of piperidine rings is 1. The van der Waals surface area contributed by atoms with Crippen LogP contribution in [0.25, 0.3) is 10.9 Å². The number of rotatable bonds is 4. The molecule has 2 aromatic heterocycles. The normalized spacial score (nSPS) is 15.5. The summed E-state index contributed by atoms with van der Waals surface area (Å²) in [4.78, 5) is 23.6. The van der Waals surface area contributed by atoms with Crippen LogP contribution in [0.4, 0.5) is 0 Å². The maximum atomic E-state index is 12.8. The number of benzene rings is 1. The Bertz CT molecular complexity index is 911. The van der Waals surface area contributed by atoms with Gasteiger partial charge >= 0.3 is 0 Å². The molecule has 1 N–H and O–H groups in total. The lowest BCUT2D eigenvalue weighted by molar-refractivity contribution is 0.0690. The number of hydrogen-bond donors (Lipinski definition) is 1. The number of carbonyl (C=O) groups is 1. The molecule has 1 amide bonds. The van der Waals surface area contributed by atoms with Gasteiger partial charge in [0.25, 0.3) is 5.91 Å². The van der Waals surface area contributed by atoms with Crippen LogP contribution in [0.2, 0.25) is 0 Å². The molecule has 26 heavy (non-hydrogen) atoms. The van der Waals surface area contributed by atoms with E-state index in [-0.39, 0.29) is 5.91 Å². The van der Waals surface area contributed by atoms with Crippen LogP contribution in [-0.2, 0) is 12.8 Å². The summed E-state index contributed by atoms with van der Waals surface area (Å²) in [5.74, 6) is 2.51. The number of hydrogen-bond acceptors (Lipinski definition) is 4. The van der Waals surface area contributed by atoms with Crippen LogP contribution < -0.4 is 0 Å². The van der Waals surface area contributed by atoms with Gasteiger partial charge in [-0.05, 0) is 43.0 Å². The Morgan fingerprint density at radius 3 is 2.88 bits per heavy atom. The van der Waals surface area contributed by atoms with Crippen molar-refractivity contribution in [3.05, 3.63) is 53.7 Å². The van der Waals surface area contributed by atoms with Gasteiger partial charge in [0.15, 0.2) is 0 Å². The second kappa shape index (κ2) is 7.23. The van der Waals surface area contributed by atoms with Gasteiger partial charge in [0, 0.05) is 43.1 Å². The third-order valence-electron chi connectivity index (χ3n) is 5.13. The van der Waals surface area contributed by atoms with Crippen LogP contribution in [0.1, 0.15) is 41.8 Å². The van der Waals surface area contributed by atoms with Crippen molar-refractivity contribution in [2.24, 2.45) is 5.92 Å². The summed E-state index contributed by atoms with van der Waals surface area (Å²) in [7, 11) is 0. The van der Waals surface area contributed by atoms with Gasteiger partial charge in [-0.3, -0.25) is 14.9 Å².